The zero-order valence-corrected chi connectivity index (χ0v) is 12.0. The number of allylic oxidation sites excluding steroid dienone is 1. The molecular weight excluding hydrogens is 271 g/mol. The Morgan fingerprint density at radius 3 is 2.81 bits per heavy atom. The summed E-state index contributed by atoms with van der Waals surface area (Å²) in [7, 11) is 0. The SMILES string of the molecule is C/C(=C\C(=O)N1CCCCC1C(N)=O)c1cccc(F)c1. The van der Waals surface area contributed by atoms with Gasteiger partial charge in [-0.1, -0.05) is 12.1 Å². The Kier molecular flexibility index (Phi) is 4.73. The average molecular weight is 290 g/mol. The fourth-order valence-electron chi connectivity index (χ4n) is 2.58. The molecule has 0 saturated carbocycles. The Labute approximate surface area is 123 Å². The van der Waals surface area contributed by atoms with Crippen molar-refractivity contribution in [2.24, 2.45) is 5.73 Å². The molecule has 21 heavy (non-hydrogen) atoms. The molecule has 1 heterocycles. The summed E-state index contributed by atoms with van der Waals surface area (Å²) < 4.78 is 13.2. The number of benzene rings is 1. The van der Waals surface area contributed by atoms with Crippen molar-refractivity contribution in [1.29, 1.82) is 0 Å². The third-order valence-electron chi connectivity index (χ3n) is 3.73. The zero-order valence-electron chi connectivity index (χ0n) is 12.0. The third-order valence-corrected chi connectivity index (χ3v) is 3.73. The number of rotatable bonds is 3. The van der Waals surface area contributed by atoms with Crippen molar-refractivity contribution >= 4 is 17.4 Å². The van der Waals surface area contributed by atoms with Crippen molar-refractivity contribution in [2.75, 3.05) is 6.54 Å². The van der Waals surface area contributed by atoms with E-state index in [0.29, 0.717) is 24.1 Å². The van der Waals surface area contributed by atoms with E-state index in [1.807, 2.05) is 0 Å². The standard InChI is InChI=1S/C16H19FN2O2/c1-11(12-5-4-6-13(17)10-12)9-15(20)19-8-3-2-7-14(19)16(18)21/h4-6,9-10,14H,2-3,7-8H2,1H3,(H2,18,21)/b11-9+. The molecule has 2 amide bonds. The molecular formula is C16H19FN2O2. The van der Waals surface area contributed by atoms with Gasteiger partial charge in [-0.15, -0.1) is 0 Å². The molecule has 1 saturated heterocycles. The Morgan fingerprint density at radius 1 is 1.38 bits per heavy atom. The van der Waals surface area contributed by atoms with Crippen LogP contribution in [0.25, 0.3) is 5.57 Å². The maximum atomic E-state index is 13.2. The van der Waals surface area contributed by atoms with Crippen LogP contribution in [-0.4, -0.2) is 29.3 Å². The molecule has 1 atom stereocenters. The molecule has 0 radical (unpaired) electrons. The van der Waals surface area contributed by atoms with E-state index < -0.39 is 11.9 Å². The summed E-state index contributed by atoms with van der Waals surface area (Å²) in [6.07, 6.45) is 3.80. The van der Waals surface area contributed by atoms with Gasteiger partial charge in [0.15, 0.2) is 0 Å². The Bertz CT molecular complexity index is 583. The summed E-state index contributed by atoms with van der Waals surface area (Å²) in [6.45, 7) is 2.27. The van der Waals surface area contributed by atoms with Crippen LogP contribution in [0.5, 0.6) is 0 Å². The molecule has 4 nitrogen and oxygen atoms in total. The van der Waals surface area contributed by atoms with Crippen molar-refractivity contribution < 1.29 is 14.0 Å². The molecule has 2 rings (SSSR count). The summed E-state index contributed by atoms with van der Waals surface area (Å²) in [5, 5.41) is 0. The number of primary amides is 1. The monoisotopic (exact) mass is 290 g/mol. The van der Waals surface area contributed by atoms with E-state index >= 15 is 0 Å². The van der Waals surface area contributed by atoms with Crippen LogP contribution in [0.2, 0.25) is 0 Å². The lowest BCUT2D eigenvalue weighted by Crippen LogP contribution is -2.50. The molecule has 0 spiro atoms. The molecule has 1 unspecified atom stereocenters. The van der Waals surface area contributed by atoms with Crippen LogP contribution in [0.4, 0.5) is 4.39 Å². The first-order chi connectivity index (χ1) is 9.99. The number of nitrogens with two attached hydrogens (primary N) is 1. The highest BCUT2D eigenvalue weighted by Gasteiger charge is 2.29. The van der Waals surface area contributed by atoms with Gasteiger partial charge in [0.05, 0.1) is 0 Å². The van der Waals surface area contributed by atoms with Crippen LogP contribution in [0.3, 0.4) is 0 Å². The van der Waals surface area contributed by atoms with E-state index in [1.165, 1.54) is 23.1 Å². The van der Waals surface area contributed by atoms with Crippen LogP contribution in [-0.2, 0) is 9.59 Å². The summed E-state index contributed by atoms with van der Waals surface area (Å²) in [4.78, 5) is 25.3. The minimum Gasteiger partial charge on any atom is -0.368 e. The first-order valence-corrected chi connectivity index (χ1v) is 7.03. The number of hydrogen-bond donors (Lipinski definition) is 1. The molecule has 1 fully saturated rings. The highest BCUT2D eigenvalue weighted by Crippen LogP contribution is 2.20. The van der Waals surface area contributed by atoms with Crippen molar-refractivity contribution in [3.8, 4) is 0 Å². The van der Waals surface area contributed by atoms with Crippen LogP contribution in [0.1, 0.15) is 31.7 Å². The number of amides is 2. The molecule has 112 valence electrons. The largest absolute Gasteiger partial charge is 0.368 e. The maximum absolute atomic E-state index is 13.2. The molecule has 0 bridgehead atoms. The quantitative estimate of drug-likeness (QED) is 0.866. The molecule has 5 heteroatoms. The lowest BCUT2D eigenvalue weighted by atomic mass is 10.0. The second-order valence-corrected chi connectivity index (χ2v) is 5.28. The van der Waals surface area contributed by atoms with E-state index in [-0.39, 0.29) is 11.7 Å². The van der Waals surface area contributed by atoms with Gasteiger partial charge in [0.2, 0.25) is 11.8 Å². The molecule has 1 aromatic carbocycles. The van der Waals surface area contributed by atoms with Crippen molar-refractivity contribution in [3.05, 3.63) is 41.7 Å². The lowest BCUT2D eigenvalue weighted by Gasteiger charge is -2.33. The van der Waals surface area contributed by atoms with Crippen LogP contribution in [0.15, 0.2) is 30.3 Å². The number of piperidine rings is 1. The van der Waals surface area contributed by atoms with Gasteiger partial charge in [-0.05, 0) is 49.5 Å². The summed E-state index contributed by atoms with van der Waals surface area (Å²) in [5.41, 5.74) is 6.66. The Hall–Kier alpha value is -2.17. The third kappa shape index (κ3) is 3.68. The Balaban J connectivity index is 2.18. The molecule has 0 aliphatic carbocycles. The first kappa shape index (κ1) is 15.2. The second kappa shape index (κ2) is 6.52. The predicted octanol–water partition coefficient (Wildman–Crippen LogP) is 2.10. The molecule has 1 aromatic rings. The van der Waals surface area contributed by atoms with Gasteiger partial charge in [-0.2, -0.15) is 0 Å². The van der Waals surface area contributed by atoms with Crippen molar-refractivity contribution in [3.63, 3.8) is 0 Å². The molecule has 1 aliphatic rings. The fourth-order valence-corrected chi connectivity index (χ4v) is 2.58. The summed E-state index contributed by atoms with van der Waals surface area (Å²) in [5.74, 6) is -1.07. The van der Waals surface area contributed by atoms with Crippen LogP contribution < -0.4 is 5.73 Å². The van der Waals surface area contributed by atoms with Gasteiger partial charge in [0, 0.05) is 12.6 Å². The van der Waals surface area contributed by atoms with E-state index in [9.17, 15) is 14.0 Å². The smallest absolute Gasteiger partial charge is 0.247 e. The first-order valence-electron chi connectivity index (χ1n) is 7.03. The maximum Gasteiger partial charge on any atom is 0.247 e. The second-order valence-electron chi connectivity index (χ2n) is 5.28. The highest BCUT2D eigenvalue weighted by molar-refractivity contribution is 5.97. The minimum absolute atomic E-state index is 0.250. The zero-order chi connectivity index (χ0) is 15.4. The van der Waals surface area contributed by atoms with Gasteiger partial charge < -0.3 is 10.6 Å². The topological polar surface area (TPSA) is 63.4 Å². The molecule has 2 N–H and O–H groups in total. The number of hydrogen-bond acceptors (Lipinski definition) is 2. The molecule has 0 aromatic heterocycles. The average Bonchev–Trinajstić information content (AvgIpc) is 2.47. The number of halogens is 1. The van der Waals surface area contributed by atoms with Crippen molar-refractivity contribution in [1.82, 2.24) is 4.90 Å². The van der Waals surface area contributed by atoms with Gasteiger partial charge in [0.1, 0.15) is 11.9 Å². The fraction of sp³-hybridized carbons (Fsp3) is 0.375. The number of carbonyl (C=O) groups excluding carboxylic acids is 2. The minimum atomic E-state index is -0.539. The van der Waals surface area contributed by atoms with E-state index in [0.717, 1.165) is 12.8 Å². The molecule has 1 aliphatic heterocycles. The van der Waals surface area contributed by atoms with E-state index in [2.05, 4.69) is 0 Å². The van der Waals surface area contributed by atoms with Gasteiger partial charge in [-0.25, -0.2) is 4.39 Å². The van der Waals surface area contributed by atoms with Crippen molar-refractivity contribution in [2.45, 2.75) is 32.2 Å². The summed E-state index contributed by atoms with van der Waals surface area (Å²) in [6, 6.07) is 5.53. The lowest BCUT2D eigenvalue weighted by molar-refractivity contribution is -0.137. The van der Waals surface area contributed by atoms with Crippen LogP contribution >= 0.6 is 0 Å². The highest BCUT2D eigenvalue weighted by atomic mass is 19.1. The normalized spacial score (nSPS) is 19.4. The summed E-state index contributed by atoms with van der Waals surface area (Å²) >= 11 is 0. The number of carbonyl (C=O) groups is 2. The van der Waals surface area contributed by atoms with Crippen LogP contribution in [0, 0.1) is 5.82 Å². The van der Waals surface area contributed by atoms with Gasteiger partial charge in [-0.3, -0.25) is 9.59 Å². The van der Waals surface area contributed by atoms with E-state index in [4.69, 9.17) is 5.73 Å². The number of likely N-dealkylation sites (tertiary alicyclic amines) is 1. The van der Waals surface area contributed by atoms with Gasteiger partial charge >= 0.3 is 0 Å². The van der Waals surface area contributed by atoms with Gasteiger partial charge in [0.25, 0.3) is 0 Å². The predicted molar refractivity (Wildman–Crippen MR) is 78.6 cm³/mol. The van der Waals surface area contributed by atoms with E-state index in [1.54, 1.807) is 19.1 Å². The Morgan fingerprint density at radius 2 is 2.14 bits per heavy atom. The number of nitrogens with zero attached hydrogens (tertiary/aromatic N) is 1.